The quantitative estimate of drug-likeness (QED) is 0.842. The summed E-state index contributed by atoms with van der Waals surface area (Å²) in [5.74, 6) is -0.246. The lowest BCUT2D eigenvalue weighted by atomic mass is 10.2. The van der Waals surface area contributed by atoms with Crippen LogP contribution in [0.2, 0.25) is 0 Å². The fourth-order valence-electron chi connectivity index (χ4n) is 2.42. The number of hydrogen-bond donors (Lipinski definition) is 1. The second-order valence-corrected chi connectivity index (χ2v) is 7.88. The van der Waals surface area contributed by atoms with E-state index in [9.17, 15) is 13.2 Å². The van der Waals surface area contributed by atoms with Crippen LogP contribution in [0.3, 0.4) is 0 Å². The number of tetrazole rings is 1. The summed E-state index contributed by atoms with van der Waals surface area (Å²) in [7, 11) is -2.15. The topological polar surface area (TPSA) is 112 Å². The van der Waals surface area contributed by atoms with Crippen molar-refractivity contribution in [2.75, 3.05) is 18.5 Å². The number of aromatic amines is 1. The van der Waals surface area contributed by atoms with Gasteiger partial charge < -0.3 is 0 Å². The maximum atomic E-state index is 12.6. The molecule has 0 radical (unpaired) electrons. The van der Waals surface area contributed by atoms with Crippen LogP contribution in [0.25, 0.3) is 0 Å². The summed E-state index contributed by atoms with van der Waals surface area (Å²) in [6.45, 7) is 0.330. The maximum absolute atomic E-state index is 12.6. The monoisotopic (exact) mass is 342 g/mol. The summed E-state index contributed by atoms with van der Waals surface area (Å²) >= 11 is 1.14. The first-order chi connectivity index (χ1) is 10.5. The van der Waals surface area contributed by atoms with Crippen LogP contribution in [0.1, 0.15) is 12.8 Å². The van der Waals surface area contributed by atoms with Gasteiger partial charge in [-0.3, -0.25) is 9.69 Å². The lowest BCUT2D eigenvalue weighted by molar-refractivity contribution is -0.121. The molecule has 118 valence electrons. The van der Waals surface area contributed by atoms with Crippen molar-refractivity contribution in [3.05, 3.63) is 17.5 Å². The van der Waals surface area contributed by atoms with E-state index in [-0.39, 0.29) is 16.1 Å². The highest BCUT2D eigenvalue weighted by molar-refractivity contribution is 7.91. The minimum absolute atomic E-state index is 0.116. The number of anilines is 1. The Bertz CT molecular complexity index is 743. The third-order valence-electron chi connectivity index (χ3n) is 3.51. The second-order valence-electron chi connectivity index (χ2n) is 4.81. The van der Waals surface area contributed by atoms with Gasteiger partial charge in [0.15, 0.2) is 0 Å². The van der Waals surface area contributed by atoms with Gasteiger partial charge in [-0.2, -0.15) is 9.52 Å². The van der Waals surface area contributed by atoms with Crippen molar-refractivity contribution in [2.45, 2.75) is 23.1 Å². The first kappa shape index (κ1) is 15.1. The SMILES string of the molecule is CN(C(=O)[C@@H]1CCCN1S(=O)(=O)c1cccs1)c1nn[nH]n1. The molecule has 0 spiro atoms. The average Bonchev–Trinajstić information content (AvgIpc) is 3.27. The number of rotatable bonds is 4. The van der Waals surface area contributed by atoms with Gasteiger partial charge in [0.05, 0.1) is 0 Å². The molecule has 11 heteroatoms. The van der Waals surface area contributed by atoms with Gasteiger partial charge in [-0.15, -0.1) is 16.4 Å². The van der Waals surface area contributed by atoms with Crippen LogP contribution in [-0.2, 0) is 14.8 Å². The summed E-state index contributed by atoms with van der Waals surface area (Å²) in [6.07, 6.45) is 1.12. The largest absolute Gasteiger partial charge is 0.280 e. The number of thiophene rings is 1. The van der Waals surface area contributed by atoms with Crippen LogP contribution in [0.5, 0.6) is 0 Å². The van der Waals surface area contributed by atoms with E-state index in [1.165, 1.54) is 16.3 Å². The smallest absolute Gasteiger partial charge is 0.272 e. The van der Waals surface area contributed by atoms with Gasteiger partial charge in [-0.1, -0.05) is 11.2 Å². The predicted molar refractivity (Wildman–Crippen MR) is 78.8 cm³/mol. The number of H-pyrrole nitrogens is 1. The molecule has 3 rings (SSSR count). The molecular weight excluding hydrogens is 328 g/mol. The van der Waals surface area contributed by atoms with Crippen molar-refractivity contribution >= 4 is 33.2 Å². The van der Waals surface area contributed by atoms with Crippen LogP contribution in [-0.4, -0.2) is 58.9 Å². The zero-order valence-electron chi connectivity index (χ0n) is 11.7. The molecule has 2 aromatic heterocycles. The van der Waals surface area contributed by atoms with Crippen molar-refractivity contribution in [3.63, 3.8) is 0 Å². The summed E-state index contributed by atoms with van der Waals surface area (Å²) in [5, 5.41) is 14.8. The van der Waals surface area contributed by atoms with Crippen molar-refractivity contribution in [1.82, 2.24) is 24.9 Å². The number of carbonyl (C=O) groups excluding carboxylic acids is 1. The van der Waals surface area contributed by atoms with Crippen LogP contribution < -0.4 is 4.90 Å². The van der Waals surface area contributed by atoms with Gasteiger partial charge in [0, 0.05) is 13.6 Å². The van der Waals surface area contributed by atoms with E-state index in [0.717, 1.165) is 11.3 Å². The number of aromatic nitrogens is 4. The Labute approximate surface area is 131 Å². The van der Waals surface area contributed by atoms with E-state index in [1.54, 1.807) is 17.5 Å². The molecule has 9 nitrogen and oxygen atoms in total. The summed E-state index contributed by atoms with van der Waals surface area (Å²) in [4.78, 5) is 13.8. The van der Waals surface area contributed by atoms with Crippen molar-refractivity contribution < 1.29 is 13.2 Å². The first-order valence-electron chi connectivity index (χ1n) is 6.58. The molecule has 0 unspecified atom stereocenters. The highest BCUT2D eigenvalue weighted by Crippen LogP contribution is 2.29. The molecule has 0 saturated carbocycles. The Morgan fingerprint density at radius 3 is 3.00 bits per heavy atom. The Balaban J connectivity index is 1.86. The third kappa shape index (κ3) is 2.51. The Hall–Kier alpha value is -1.85. The minimum atomic E-state index is -3.65. The zero-order chi connectivity index (χ0) is 15.7. The molecule has 1 saturated heterocycles. The van der Waals surface area contributed by atoms with E-state index in [0.29, 0.717) is 19.4 Å². The Morgan fingerprint density at radius 2 is 2.36 bits per heavy atom. The standard InChI is InChI=1S/C11H14N6O3S2/c1-16(11-12-14-15-13-11)10(18)8-4-2-6-17(8)22(19,20)9-5-3-7-21-9/h3,5,7-8H,2,4,6H2,1H3,(H,12,13,14,15)/t8-/m0/s1. The summed E-state index contributed by atoms with van der Waals surface area (Å²) in [5.41, 5.74) is 0. The molecule has 0 bridgehead atoms. The number of nitrogens with one attached hydrogen (secondary N) is 1. The molecule has 1 aliphatic rings. The minimum Gasteiger partial charge on any atom is -0.280 e. The van der Waals surface area contributed by atoms with Gasteiger partial charge in [0.25, 0.3) is 16.0 Å². The van der Waals surface area contributed by atoms with Crippen molar-refractivity contribution in [1.29, 1.82) is 0 Å². The number of sulfonamides is 1. The molecule has 0 aromatic carbocycles. The Morgan fingerprint density at radius 1 is 1.55 bits per heavy atom. The number of nitrogens with zero attached hydrogens (tertiary/aromatic N) is 5. The molecule has 0 aliphatic carbocycles. The van der Waals surface area contributed by atoms with Crippen LogP contribution >= 0.6 is 11.3 Å². The van der Waals surface area contributed by atoms with Crippen LogP contribution in [0, 0.1) is 0 Å². The first-order valence-corrected chi connectivity index (χ1v) is 8.90. The van der Waals surface area contributed by atoms with Crippen LogP contribution in [0.15, 0.2) is 21.7 Å². The molecule has 2 aromatic rings. The third-order valence-corrected chi connectivity index (χ3v) is 6.79. The molecular formula is C11H14N6O3S2. The Kier molecular flexibility index (Phi) is 3.93. The lowest BCUT2D eigenvalue weighted by Crippen LogP contribution is -2.46. The summed E-state index contributed by atoms with van der Waals surface area (Å²) < 4.78 is 26.8. The lowest BCUT2D eigenvalue weighted by Gasteiger charge is -2.25. The van der Waals surface area contributed by atoms with Gasteiger partial charge in [0.2, 0.25) is 5.91 Å². The van der Waals surface area contributed by atoms with Crippen molar-refractivity contribution in [2.24, 2.45) is 0 Å². The molecule has 1 aliphatic heterocycles. The second kappa shape index (κ2) is 5.74. The number of amides is 1. The number of carbonyl (C=O) groups is 1. The van der Waals surface area contributed by atoms with Crippen molar-refractivity contribution in [3.8, 4) is 0 Å². The van der Waals surface area contributed by atoms with Gasteiger partial charge in [-0.25, -0.2) is 8.42 Å². The maximum Gasteiger partial charge on any atom is 0.272 e. The number of hydrogen-bond acceptors (Lipinski definition) is 7. The van der Waals surface area contributed by atoms with Gasteiger partial charge in [0.1, 0.15) is 10.3 Å². The molecule has 1 atom stereocenters. The van der Waals surface area contributed by atoms with E-state index in [4.69, 9.17) is 0 Å². The number of likely N-dealkylation sites (N-methyl/N-ethyl adjacent to an activating group) is 1. The highest BCUT2D eigenvalue weighted by Gasteiger charge is 2.41. The molecule has 1 fully saturated rings. The molecule has 1 N–H and O–H groups in total. The van der Waals surface area contributed by atoms with E-state index in [2.05, 4.69) is 20.6 Å². The molecule has 3 heterocycles. The summed E-state index contributed by atoms with van der Waals surface area (Å²) in [6, 6.07) is 2.48. The van der Waals surface area contributed by atoms with Gasteiger partial charge >= 0.3 is 0 Å². The fraction of sp³-hybridized carbons (Fsp3) is 0.455. The molecule has 1 amide bonds. The van der Waals surface area contributed by atoms with E-state index < -0.39 is 16.1 Å². The predicted octanol–water partition coefficient (Wildman–Crippen LogP) is 0.0773. The van der Waals surface area contributed by atoms with E-state index in [1.807, 2.05) is 0 Å². The molecule has 22 heavy (non-hydrogen) atoms. The van der Waals surface area contributed by atoms with Gasteiger partial charge in [-0.05, 0) is 29.5 Å². The normalized spacial score (nSPS) is 19.4. The zero-order valence-corrected chi connectivity index (χ0v) is 13.3. The highest BCUT2D eigenvalue weighted by atomic mass is 32.2. The fourth-order valence-corrected chi connectivity index (χ4v) is 5.19. The van der Waals surface area contributed by atoms with Crippen LogP contribution in [0.4, 0.5) is 5.95 Å². The average molecular weight is 342 g/mol. The van der Waals surface area contributed by atoms with E-state index >= 15 is 0 Å².